The molecule has 3 fully saturated rings. The van der Waals surface area contributed by atoms with E-state index in [0.29, 0.717) is 35.0 Å². The third-order valence-electron chi connectivity index (χ3n) is 10.6. The van der Waals surface area contributed by atoms with Gasteiger partial charge in [0.1, 0.15) is 0 Å². The fourth-order valence-electron chi connectivity index (χ4n) is 8.16. The standard InChI is InChI=1S/C28H46O2/c1-17(2)19(4)26(30)15-18(3)23-9-10-24-22-8-7-20-16-21(29)11-13-27(20,5)25(22)12-14-28(23,24)6/h7-8,17-19,21,23-26,29-30H,9-16H2,1-6H3/t18-,19?,21+,23-,24+,25+,26+,27+,28-/m1/s1. The Balaban J connectivity index is 1.54. The molecule has 0 aromatic heterocycles. The molecule has 1 unspecified atom stereocenters. The third-order valence-corrected chi connectivity index (χ3v) is 10.6. The van der Waals surface area contributed by atoms with Crippen LogP contribution in [0.3, 0.4) is 0 Å². The quantitative estimate of drug-likeness (QED) is 0.537. The Hall–Kier alpha value is -0.600. The molecule has 0 amide bonds. The van der Waals surface area contributed by atoms with Crippen molar-refractivity contribution in [2.75, 3.05) is 0 Å². The van der Waals surface area contributed by atoms with Crippen molar-refractivity contribution in [3.63, 3.8) is 0 Å². The van der Waals surface area contributed by atoms with Crippen LogP contribution < -0.4 is 0 Å². The van der Waals surface area contributed by atoms with Gasteiger partial charge in [0.25, 0.3) is 0 Å². The van der Waals surface area contributed by atoms with E-state index in [1.165, 1.54) is 31.3 Å². The Morgan fingerprint density at radius 2 is 1.70 bits per heavy atom. The highest BCUT2D eigenvalue weighted by Gasteiger charge is 2.57. The highest BCUT2D eigenvalue weighted by Crippen LogP contribution is 2.66. The van der Waals surface area contributed by atoms with Crippen LogP contribution >= 0.6 is 0 Å². The van der Waals surface area contributed by atoms with Crippen molar-refractivity contribution in [2.45, 2.75) is 105 Å². The topological polar surface area (TPSA) is 40.5 Å². The molecule has 4 aliphatic carbocycles. The lowest BCUT2D eigenvalue weighted by Gasteiger charge is -2.55. The molecule has 4 aliphatic rings. The fraction of sp³-hybridized carbons (Fsp3) is 0.857. The van der Waals surface area contributed by atoms with Crippen LogP contribution in [-0.4, -0.2) is 22.4 Å². The molecule has 2 N–H and O–H groups in total. The van der Waals surface area contributed by atoms with E-state index in [1.807, 2.05) is 0 Å². The van der Waals surface area contributed by atoms with Crippen molar-refractivity contribution < 1.29 is 10.2 Å². The molecule has 3 saturated carbocycles. The fourth-order valence-corrected chi connectivity index (χ4v) is 8.16. The Kier molecular flexibility index (Phi) is 6.08. The average molecular weight is 415 g/mol. The van der Waals surface area contributed by atoms with Gasteiger partial charge in [0.2, 0.25) is 0 Å². The monoisotopic (exact) mass is 414 g/mol. The molecule has 0 aromatic carbocycles. The predicted molar refractivity (Wildman–Crippen MR) is 125 cm³/mol. The normalized spacial score (nSPS) is 43.8. The minimum atomic E-state index is -0.175. The molecule has 9 atom stereocenters. The van der Waals surface area contributed by atoms with Crippen LogP contribution in [-0.2, 0) is 0 Å². The summed E-state index contributed by atoms with van der Waals surface area (Å²) < 4.78 is 0. The van der Waals surface area contributed by atoms with Crippen molar-refractivity contribution in [1.29, 1.82) is 0 Å². The van der Waals surface area contributed by atoms with Crippen LogP contribution in [0.2, 0.25) is 0 Å². The van der Waals surface area contributed by atoms with Crippen molar-refractivity contribution >= 4 is 0 Å². The molecule has 0 spiro atoms. The Morgan fingerprint density at radius 3 is 2.40 bits per heavy atom. The number of hydrogen-bond donors (Lipinski definition) is 2. The Bertz CT molecular complexity index is 705. The van der Waals surface area contributed by atoms with E-state index in [0.717, 1.165) is 31.6 Å². The average Bonchev–Trinajstić information content (AvgIpc) is 3.05. The second-order valence-electron chi connectivity index (χ2n) is 12.4. The molecule has 0 aliphatic heterocycles. The molecule has 2 nitrogen and oxygen atoms in total. The van der Waals surface area contributed by atoms with Crippen LogP contribution in [0, 0.1) is 46.3 Å². The molecule has 0 aromatic rings. The first kappa shape index (κ1) is 22.6. The lowest BCUT2D eigenvalue weighted by Crippen LogP contribution is -2.46. The first-order chi connectivity index (χ1) is 14.1. The van der Waals surface area contributed by atoms with E-state index in [-0.39, 0.29) is 17.6 Å². The Morgan fingerprint density at radius 1 is 0.967 bits per heavy atom. The second-order valence-corrected chi connectivity index (χ2v) is 12.4. The predicted octanol–water partition coefficient (Wildman–Crippen LogP) is 6.53. The van der Waals surface area contributed by atoms with Gasteiger partial charge < -0.3 is 10.2 Å². The first-order valence-corrected chi connectivity index (χ1v) is 12.8. The van der Waals surface area contributed by atoms with E-state index >= 15 is 0 Å². The molecular weight excluding hydrogens is 368 g/mol. The zero-order valence-corrected chi connectivity index (χ0v) is 20.3. The molecule has 170 valence electrons. The zero-order chi connectivity index (χ0) is 21.8. The molecule has 0 radical (unpaired) electrons. The van der Waals surface area contributed by atoms with E-state index < -0.39 is 0 Å². The summed E-state index contributed by atoms with van der Waals surface area (Å²) in [6.45, 7) is 14.2. The number of allylic oxidation sites excluding steroid dienone is 3. The van der Waals surface area contributed by atoms with E-state index in [4.69, 9.17) is 0 Å². The molecular formula is C28H46O2. The van der Waals surface area contributed by atoms with E-state index in [1.54, 1.807) is 5.57 Å². The lowest BCUT2D eigenvalue weighted by molar-refractivity contribution is 0.0133. The van der Waals surface area contributed by atoms with Gasteiger partial charge in [-0.3, -0.25) is 0 Å². The molecule has 0 bridgehead atoms. The van der Waals surface area contributed by atoms with Crippen LogP contribution in [0.15, 0.2) is 23.3 Å². The number of hydrogen-bond acceptors (Lipinski definition) is 2. The first-order valence-electron chi connectivity index (χ1n) is 12.8. The van der Waals surface area contributed by atoms with Gasteiger partial charge in [-0.2, -0.15) is 0 Å². The highest BCUT2D eigenvalue weighted by molar-refractivity contribution is 5.38. The maximum Gasteiger partial charge on any atom is 0.0578 e. The van der Waals surface area contributed by atoms with Crippen molar-refractivity contribution in [2.24, 2.45) is 46.3 Å². The molecule has 0 heterocycles. The largest absolute Gasteiger partial charge is 0.393 e. The summed E-state index contributed by atoms with van der Waals surface area (Å²) >= 11 is 0. The van der Waals surface area contributed by atoms with Crippen LogP contribution in [0.1, 0.15) is 92.9 Å². The van der Waals surface area contributed by atoms with Gasteiger partial charge in [-0.15, -0.1) is 0 Å². The maximum absolute atomic E-state index is 10.8. The van der Waals surface area contributed by atoms with Gasteiger partial charge in [0.05, 0.1) is 12.2 Å². The van der Waals surface area contributed by atoms with E-state index in [9.17, 15) is 10.2 Å². The van der Waals surface area contributed by atoms with Crippen LogP contribution in [0.5, 0.6) is 0 Å². The summed E-state index contributed by atoms with van der Waals surface area (Å²) in [5, 5.41) is 21.0. The van der Waals surface area contributed by atoms with Crippen molar-refractivity contribution in [3.8, 4) is 0 Å². The Labute approximate surface area is 185 Å². The van der Waals surface area contributed by atoms with E-state index in [2.05, 4.69) is 53.7 Å². The number of aliphatic hydroxyl groups is 2. The summed E-state index contributed by atoms with van der Waals surface area (Å²) in [7, 11) is 0. The SMILES string of the molecule is CC(C)C(C)[C@@H](O)C[C@@H](C)[C@H]1CC[C@H]2C3=CC=C4C[C@@H](O)CC[C@]4(C)[C@H]3CC[C@]12C. The number of fused-ring (bicyclic) bond motifs is 5. The molecule has 4 rings (SSSR count). The summed E-state index contributed by atoms with van der Waals surface area (Å²) in [5.41, 5.74) is 3.90. The highest BCUT2D eigenvalue weighted by atomic mass is 16.3. The number of rotatable bonds is 5. The zero-order valence-electron chi connectivity index (χ0n) is 20.3. The summed E-state index contributed by atoms with van der Waals surface area (Å²) in [4.78, 5) is 0. The third kappa shape index (κ3) is 3.54. The van der Waals surface area contributed by atoms with Gasteiger partial charge >= 0.3 is 0 Å². The lowest BCUT2D eigenvalue weighted by atomic mass is 9.50. The smallest absolute Gasteiger partial charge is 0.0578 e. The van der Waals surface area contributed by atoms with Crippen molar-refractivity contribution in [3.05, 3.63) is 23.3 Å². The molecule has 0 saturated heterocycles. The summed E-state index contributed by atoms with van der Waals surface area (Å²) in [5.74, 6) is 3.62. The second kappa shape index (κ2) is 8.07. The summed E-state index contributed by atoms with van der Waals surface area (Å²) in [6.07, 6.45) is 13.8. The van der Waals surface area contributed by atoms with Crippen molar-refractivity contribution in [1.82, 2.24) is 0 Å². The maximum atomic E-state index is 10.8. The van der Waals surface area contributed by atoms with Crippen LogP contribution in [0.4, 0.5) is 0 Å². The molecule has 2 heteroatoms. The van der Waals surface area contributed by atoms with Crippen LogP contribution in [0.25, 0.3) is 0 Å². The van der Waals surface area contributed by atoms with Gasteiger partial charge in [-0.25, -0.2) is 0 Å². The van der Waals surface area contributed by atoms with Gasteiger partial charge in [-0.1, -0.05) is 64.8 Å². The van der Waals surface area contributed by atoms with Gasteiger partial charge in [-0.05, 0) is 97.7 Å². The van der Waals surface area contributed by atoms with Gasteiger partial charge in [0, 0.05) is 0 Å². The minimum absolute atomic E-state index is 0.135. The molecule has 30 heavy (non-hydrogen) atoms. The summed E-state index contributed by atoms with van der Waals surface area (Å²) in [6, 6.07) is 0. The van der Waals surface area contributed by atoms with Gasteiger partial charge in [0.15, 0.2) is 0 Å². The minimum Gasteiger partial charge on any atom is -0.393 e. The number of aliphatic hydroxyl groups excluding tert-OH is 2.